The lowest BCUT2D eigenvalue weighted by atomic mass is 9.96. The summed E-state index contributed by atoms with van der Waals surface area (Å²) in [5, 5.41) is 0.902. The van der Waals surface area contributed by atoms with Gasteiger partial charge in [0.15, 0.2) is 0 Å². The first kappa shape index (κ1) is 26.1. The van der Waals surface area contributed by atoms with Gasteiger partial charge in [-0.25, -0.2) is 9.59 Å². The van der Waals surface area contributed by atoms with E-state index >= 15 is 0 Å². The molecule has 0 radical (unpaired) electrons. The number of carbonyl (C=O) groups is 2. The van der Waals surface area contributed by atoms with Gasteiger partial charge >= 0.3 is 11.9 Å². The van der Waals surface area contributed by atoms with Gasteiger partial charge in [-0.2, -0.15) is 0 Å². The van der Waals surface area contributed by atoms with Crippen molar-refractivity contribution in [1.29, 1.82) is 0 Å². The van der Waals surface area contributed by atoms with Crippen molar-refractivity contribution in [2.75, 3.05) is 33.4 Å². The number of likely N-dealkylation sites (tertiary alicyclic amines) is 1. The van der Waals surface area contributed by atoms with E-state index in [2.05, 4.69) is 33.7 Å². The Morgan fingerprint density at radius 2 is 1.65 bits per heavy atom. The maximum absolute atomic E-state index is 13.2. The molecule has 3 heterocycles. The summed E-state index contributed by atoms with van der Waals surface area (Å²) in [6.45, 7) is 4.70. The Morgan fingerprint density at radius 1 is 0.900 bits per heavy atom. The van der Waals surface area contributed by atoms with Crippen molar-refractivity contribution in [2.24, 2.45) is 5.92 Å². The molecule has 6 rings (SSSR count). The summed E-state index contributed by atoms with van der Waals surface area (Å²) in [6, 6.07) is 23.9. The number of hydrogen-bond donors (Lipinski definition) is 0. The molecule has 2 aliphatic rings. The summed E-state index contributed by atoms with van der Waals surface area (Å²) in [5.41, 5.74) is 5.25. The average Bonchev–Trinajstić information content (AvgIpc) is 3.35. The van der Waals surface area contributed by atoms with E-state index in [1.54, 1.807) is 6.07 Å². The number of benzene rings is 3. The van der Waals surface area contributed by atoms with Gasteiger partial charge in [-0.3, -0.25) is 4.90 Å². The highest BCUT2D eigenvalue weighted by atomic mass is 16.5. The lowest BCUT2D eigenvalue weighted by Gasteiger charge is -2.31. The van der Waals surface area contributed by atoms with Crippen LogP contribution in [-0.2, 0) is 22.6 Å². The van der Waals surface area contributed by atoms with Crippen LogP contribution in [-0.4, -0.2) is 54.8 Å². The monoisotopic (exact) mass is 538 g/mol. The fourth-order valence-electron chi connectivity index (χ4n) is 5.89. The normalized spacial score (nSPS) is 15.8. The highest BCUT2D eigenvalue weighted by Gasteiger charge is 2.28. The van der Waals surface area contributed by atoms with Crippen LogP contribution in [0.4, 0.5) is 0 Å². The van der Waals surface area contributed by atoms with Crippen LogP contribution < -0.4 is 4.74 Å². The molecule has 1 fully saturated rings. The minimum Gasteiger partial charge on any atom is -0.478 e. The molecule has 4 aromatic rings. The van der Waals surface area contributed by atoms with E-state index in [-0.39, 0.29) is 11.9 Å². The topological polar surface area (TPSA) is 70.0 Å². The average molecular weight is 539 g/mol. The SMILES string of the molecule is COC(=O)c1ccccc1-c1ccc(CN2CCC(COC(=O)c3c4n(c5ccccc35)CCCO4)CC2)cc1. The number of nitrogens with zero attached hydrogens (tertiary/aromatic N) is 2. The molecule has 3 aromatic carbocycles. The van der Waals surface area contributed by atoms with Crippen molar-refractivity contribution in [1.82, 2.24) is 9.47 Å². The maximum Gasteiger partial charge on any atom is 0.344 e. The molecule has 7 nitrogen and oxygen atoms in total. The zero-order valence-electron chi connectivity index (χ0n) is 22.8. The van der Waals surface area contributed by atoms with Gasteiger partial charge in [0.2, 0.25) is 5.88 Å². The van der Waals surface area contributed by atoms with Crippen LogP contribution in [0.25, 0.3) is 22.0 Å². The first-order chi connectivity index (χ1) is 19.6. The zero-order valence-corrected chi connectivity index (χ0v) is 22.8. The first-order valence-electron chi connectivity index (χ1n) is 14.0. The third kappa shape index (κ3) is 5.21. The first-order valence-corrected chi connectivity index (χ1v) is 14.0. The molecule has 0 atom stereocenters. The predicted octanol–water partition coefficient (Wildman–Crippen LogP) is 5.95. The number of methoxy groups -OCH3 is 1. The fourth-order valence-corrected chi connectivity index (χ4v) is 5.89. The van der Waals surface area contributed by atoms with E-state index < -0.39 is 0 Å². The lowest BCUT2D eigenvalue weighted by Crippen LogP contribution is -2.35. The number of aromatic nitrogens is 1. The molecule has 1 aromatic heterocycles. The van der Waals surface area contributed by atoms with E-state index in [4.69, 9.17) is 14.2 Å². The van der Waals surface area contributed by atoms with Crippen LogP contribution in [0.2, 0.25) is 0 Å². The molecule has 2 aliphatic heterocycles. The number of piperidine rings is 1. The molecule has 206 valence electrons. The molecule has 0 spiro atoms. The van der Waals surface area contributed by atoms with Crippen molar-refractivity contribution in [2.45, 2.75) is 32.4 Å². The molecular formula is C33H34N2O5. The summed E-state index contributed by atoms with van der Waals surface area (Å²) in [6.07, 6.45) is 2.91. The van der Waals surface area contributed by atoms with E-state index in [1.807, 2.05) is 42.5 Å². The van der Waals surface area contributed by atoms with E-state index in [0.29, 0.717) is 36.1 Å². The molecule has 0 N–H and O–H groups in total. The van der Waals surface area contributed by atoms with Gasteiger partial charge in [0.05, 0.1) is 31.4 Å². The van der Waals surface area contributed by atoms with Gasteiger partial charge in [0.1, 0.15) is 5.56 Å². The van der Waals surface area contributed by atoms with Gasteiger partial charge in [0, 0.05) is 18.5 Å². The van der Waals surface area contributed by atoms with Crippen LogP contribution in [0.15, 0.2) is 72.8 Å². The molecule has 7 heteroatoms. The lowest BCUT2D eigenvalue weighted by molar-refractivity contribution is 0.0364. The highest BCUT2D eigenvalue weighted by molar-refractivity contribution is 6.07. The second-order valence-electron chi connectivity index (χ2n) is 10.6. The van der Waals surface area contributed by atoms with Gasteiger partial charge in [-0.15, -0.1) is 0 Å². The summed E-state index contributed by atoms with van der Waals surface area (Å²) < 4.78 is 18.8. The standard InChI is InChI=1S/C33H34N2O5/c1-38-32(36)27-8-3-2-7-26(27)25-13-11-23(12-14-25)21-34-18-15-24(16-19-34)22-40-33(37)30-28-9-4-5-10-29(28)35-17-6-20-39-31(30)35/h2-5,7-14,24H,6,15-22H2,1H3. The third-order valence-electron chi connectivity index (χ3n) is 8.05. The Morgan fingerprint density at radius 3 is 2.45 bits per heavy atom. The Hall–Kier alpha value is -4.10. The molecule has 1 saturated heterocycles. The number of aryl methyl sites for hydroxylation is 1. The van der Waals surface area contributed by atoms with Gasteiger partial charge in [-0.05, 0) is 67.1 Å². The van der Waals surface area contributed by atoms with Crippen LogP contribution in [0.5, 0.6) is 5.88 Å². The Kier molecular flexibility index (Phi) is 7.55. The Labute approximate surface area is 234 Å². The molecule has 0 aliphatic carbocycles. The number of hydrogen-bond acceptors (Lipinski definition) is 6. The molecular weight excluding hydrogens is 504 g/mol. The second kappa shape index (κ2) is 11.6. The third-order valence-corrected chi connectivity index (χ3v) is 8.05. The van der Waals surface area contributed by atoms with E-state index in [0.717, 1.165) is 67.5 Å². The minimum absolute atomic E-state index is 0.289. The van der Waals surface area contributed by atoms with Gasteiger partial charge in [-0.1, -0.05) is 60.7 Å². The quantitative estimate of drug-likeness (QED) is 0.271. The number of carbonyl (C=O) groups excluding carboxylic acids is 2. The van der Waals surface area contributed by atoms with Gasteiger partial charge < -0.3 is 18.8 Å². The van der Waals surface area contributed by atoms with Crippen LogP contribution in [0.3, 0.4) is 0 Å². The molecule has 0 saturated carbocycles. The van der Waals surface area contributed by atoms with Crippen molar-refractivity contribution >= 4 is 22.8 Å². The number of esters is 2. The highest BCUT2D eigenvalue weighted by Crippen LogP contribution is 2.35. The van der Waals surface area contributed by atoms with E-state index in [9.17, 15) is 9.59 Å². The maximum atomic E-state index is 13.2. The summed E-state index contributed by atoms with van der Waals surface area (Å²) in [7, 11) is 1.40. The molecule has 0 bridgehead atoms. The van der Waals surface area contributed by atoms with Crippen molar-refractivity contribution < 1.29 is 23.8 Å². The number of ether oxygens (including phenoxy) is 3. The Balaban J connectivity index is 1.03. The summed E-state index contributed by atoms with van der Waals surface area (Å²) in [5.74, 6) is 0.376. The molecule has 0 unspecified atom stereocenters. The Bertz CT molecular complexity index is 1520. The minimum atomic E-state index is -0.331. The van der Waals surface area contributed by atoms with E-state index in [1.165, 1.54) is 12.7 Å². The fraction of sp³-hybridized carbons (Fsp3) is 0.333. The number of para-hydroxylation sites is 1. The van der Waals surface area contributed by atoms with Crippen molar-refractivity contribution in [3.05, 3.63) is 89.5 Å². The second-order valence-corrected chi connectivity index (χ2v) is 10.6. The van der Waals surface area contributed by atoms with Crippen LogP contribution in [0, 0.1) is 5.92 Å². The van der Waals surface area contributed by atoms with Crippen molar-refractivity contribution in [3.63, 3.8) is 0 Å². The van der Waals surface area contributed by atoms with Crippen LogP contribution >= 0.6 is 0 Å². The van der Waals surface area contributed by atoms with Crippen molar-refractivity contribution in [3.8, 4) is 17.0 Å². The summed E-state index contributed by atoms with van der Waals surface area (Å²) >= 11 is 0. The molecule has 40 heavy (non-hydrogen) atoms. The molecule has 0 amide bonds. The number of rotatable bonds is 7. The smallest absolute Gasteiger partial charge is 0.344 e. The van der Waals surface area contributed by atoms with Gasteiger partial charge in [0.25, 0.3) is 0 Å². The zero-order chi connectivity index (χ0) is 27.5. The predicted molar refractivity (Wildman–Crippen MR) is 154 cm³/mol. The van der Waals surface area contributed by atoms with Crippen LogP contribution in [0.1, 0.15) is 45.5 Å². The largest absolute Gasteiger partial charge is 0.478 e. The number of fused-ring (bicyclic) bond motifs is 3. The summed E-state index contributed by atoms with van der Waals surface area (Å²) in [4.78, 5) is 27.8.